The van der Waals surface area contributed by atoms with Crippen LogP contribution in [0.2, 0.25) is 0 Å². The third-order valence-corrected chi connectivity index (χ3v) is 3.19. The first kappa shape index (κ1) is 18.1. The highest BCUT2D eigenvalue weighted by Gasteiger charge is 2.21. The SMILES string of the molecule is CCNC(=NCC(C)Oc1ccccc1)NCC1CC1.I. The lowest BCUT2D eigenvalue weighted by Crippen LogP contribution is -2.39. The largest absolute Gasteiger partial charge is 0.489 e. The van der Waals surface area contributed by atoms with Crippen LogP contribution in [0.1, 0.15) is 26.7 Å². The summed E-state index contributed by atoms with van der Waals surface area (Å²) >= 11 is 0. The summed E-state index contributed by atoms with van der Waals surface area (Å²) in [5.41, 5.74) is 0. The molecule has 0 bridgehead atoms. The fourth-order valence-corrected chi connectivity index (χ4v) is 1.89. The highest BCUT2D eigenvalue weighted by atomic mass is 127. The van der Waals surface area contributed by atoms with Crippen molar-refractivity contribution in [3.8, 4) is 5.75 Å². The summed E-state index contributed by atoms with van der Waals surface area (Å²) in [6.07, 6.45) is 2.76. The van der Waals surface area contributed by atoms with E-state index in [1.165, 1.54) is 12.8 Å². The number of guanidine groups is 1. The molecular weight excluding hydrogens is 377 g/mol. The number of aliphatic imine (C=N–C) groups is 1. The Hall–Kier alpha value is -0.980. The van der Waals surface area contributed by atoms with Crippen molar-refractivity contribution in [2.75, 3.05) is 19.6 Å². The molecule has 0 aliphatic heterocycles. The first-order valence-electron chi connectivity index (χ1n) is 7.51. The predicted octanol–water partition coefficient (Wildman–Crippen LogP) is 3.04. The fraction of sp³-hybridized carbons (Fsp3) is 0.562. The molecule has 2 rings (SSSR count). The van der Waals surface area contributed by atoms with Crippen LogP contribution >= 0.6 is 24.0 Å². The summed E-state index contributed by atoms with van der Waals surface area (Å²) < 4.78 is 5.82. The topological polar surface area (TPSA) is 45.7 Å². The van der Waals surface area contributed by atoms with Crippen LogP contribution in [0.4, 0.5) is 0 Å². The average Bonchev–Trinajstić information content (AvgIpc) is 3.27. The number of benzene rings is 1. The monoisotopic (exact) mass is 403 g/mol. The maximum absolute atomic E-state index is 5.82. The molecule has 1 unspecified atom stereocenters. The summed E-state index contributed by atoms with van der Waals surface area (Å²) in [4.78, 5) is 4.58. The van der Waals surface area contributed by atoms with E-state index in [1.807, 2.05) is 37.3 Å². The van der Waals surface area contributed by atoms with Gasteiger partial charge in [0.25, 0.3) is 0 Å². The second kappa shape index (κ2) is 9.87. The molecule has 0 amide bonds. The van der Waals surface area contributed by atoms with Gasteiger partial charge in [-0.2, -0.15) is 0 Å². The number of rotatable bonds is 7. The molecular formula is C16H26IN3O. The van der Waals surface area contributed by atoms with Crippen LogP contribution in [0.25, 0.3) is 0 Å². The smallest absolute Gasteiger partial charge is 0.191 e. The minimum absolute atomic E-state index is 0. The predicted molar refractivity (Wildman–Crippen MR) is 98.7 cm³/mol. The van der Waals surface area contributed by atoms with Crippen molar-refractivity contribution >= 4 is 29.9 Å². The fourth-order valence-electron chi connectivity index (χ4n) is 1.89. The van der Waals surface area contributed by atoms with E-state index in [1.54, 1.807) is 0 Å². The molecule has 21 heavy (non-hydrogen) atoms. The van der Waals surface area contributed by atoms with Gasteiger partial charge in [-0.1, -0.05) is 18.2 Å². The molecule has 2 N–H and O–H groups in total. The molecule has 1 aliphatic rings. The Balaban J connectivity index is 0.00000220. The Morgan fingerprint density at radius 2 is 2.00 bits per heavy atom. The first-order chi connectivity index (χ1) is 9.78. The highest BCUT2D eigenvalue weighted by Crippen LogP contribution is 2.27. The summed E-state index contributed by atoms with van der Waals surface area (Å²) in [5, 5.41) is 6.65. The van der Waals surface area contributed by atoms with Crippen LogP contribution < -0.4 is 15.4 Å². The number of hydrogen-bond acceptors (Lipinski definition) is 2. The summed E-state index contributed by atoms with van der Waals surface area (Å²) in [7, 11) is 0. The van der Waals surface area contributed by atoms with Crippen LogP contribution in [-0.2, 0) is 0 Å². The van der Waals surface area contributed by atoms with E-state index in [2.05, 4.69) is 22.5 Å². The molecule has 1 aliphatic carbocycles. The van der Waals surface area contributed by atoms with Gasteiger partial charge in [0.2, 0.25) is 0 Å². The van der Waals surface area contributed by atoms with E-state index in [0.29, 0.717) is 6.54 Å². The second-order valence-electron chi connectivity index (χ2n) is 5.29. The molecule has 1 atom stereocenters. The molecule has 1 aromatic carbocycles. The van der Waals surface area contributed by atoms with Crippen LogP contribution in [-0.4, -0.2) is 31.7 Å². The Kier molecular flexibility index (Phi) is 8.49. The van der Waals surface area contributed by atoms with Crippen LogP contribution in [0.15, 0.2) is 35.3 Å². The van der Waals surface area contributed by atoms with Gasteiger partial charge in [-0.05, 0) is 44.7 Å². The number of halogens is 1. The van der Waals surface area contributed by atoms with E-state index in [9.17, 15) is 0 Å². The summed E-state index contributed by atoms with van der Waals surface area (Å²) in [6, 6.07) is 9.88. The molecule has 0 saturated heterocycles. The van der Waals surface area contributed by atoms with Crippen molar-refractivity contribution in [1.29, 1.82) is 0 Å². The van der Waals surface area contributed by atoms with Crippen molar-refractivity contribution in [2.24, 2.45) is 10.9 Å². The van der Waals surface area contributed by atoms with Crippen molar-refractivity contribution in [1.82, 2.24) is 10.6 Å². The molecule has 1 aromatic rings. The van der Waals surface area contributed by atoms with Crippen LogP contribution in [0, 0.1) is 5.92 Å². The Bertz CT molecular complexity index is 421. The summed E-state index contributed by atoms with van der Waals surface area (Å²) in [6.45, 7) is 6.68. The molecule has 5 heteroatoms. The highest BCUT2D eigenvalue weighted by molar-refractivity contribution is 14.0. The molecule has 0 radical (unpaired) electrons. The molecule has 1 saturated carbocycles. The van der Waals surface area contributed by atoms with Crippen LogP contribution in [0.5, 0.6) is 5.75 Å². The van der Waals surface area contributed by atoms with Crippen LogP contribution in [0.3, 0.4) is 0 Å². The average molecular weight is 403 g/mol. The van der Waals surface area contributed by atoms with Crippen molar-refractivity contribution in [3.05, 3.63) is 30.3 Å². The third-order valence-electron chi connectivity index (χ3n) is 3.19. The van der Waals surface area contributed by atoms with Crippen molar-refractivity contribution in [2.45, 2.75) is 32.8 Å². The summed E-state index contributed by atoms with van der Waals surface area (Å²) in [5.74, 6) is 2.63. The van der Waals surface area contributed by atoms with Gasteiger partial charge in [0.15, 0.2) is 5.96 Å². The van der Waals surface area contributed by atoms with Gasteiger partial charge in [0, 0.05) is 13.1 Å². The Morgan fingerprint density at radius 3 is 2.62 bits per heavy atom. The lowest BCUT2D eigenvalue weighted by atomic mass is 10.3. The number of nitrogens with one attached hydrogen (secondary N) is 2. The van der Waals surface area contributed by atoms with Gasteiger partial charge < -0.3 is 15.4 Å². The molecule has 0 heterocycles. The molecule has 1 fully saturated rings. The number of para-hydroxylation sites is 1. The van der Waals surface area contributed by atoms with E-state index < -0.39 is 0 Å². The normalized spacial score (nSPS) is 15.8. The zero-order valence-corrected chi connectivity index (χ0v) is 15.2. The quantitative estimate of drug-likeness (QED) is 0.418. The zero-order valence-electron chi connectivity index (χ0n) is 12.8. The number of ether oxygens (including phenoxy) is 1. The van der Waals surface area contributed by atoms with Gasteiger partial charge in [-0.3, -0.25) is 0 Å². The maximum atomic E-state index is 5.82. The zero-order chi connectivity index (χ0) is 14.2. The Labute approximate surface area is 144 Å². The molecule has 0 aromatic heterocycles. The Morgan fingerprint density at radius 1 is 1.29 bits per heavy atom. The third kappa shape index (κ3) is 7.55. The second-order valence-corrected chi connectivity index (χ2v) is 5.29. The van der Waals surface area contributed by atoms with Gasteiger partial charge in [-0.15, -0.1) is 24.0 Å². The lowest BCUT2D eigenvalue weighted by Gasteiger charge is -2.15. The number of hydrogen-bond donors (Lipinski definition) is 2. The standard InChI is InChI=1S/C16H25N3O.HI/c1-3-17-16(19-12-14-9-10-14)18-11-13(2)20-15-7-5-4-6-8-15;/h4-8,13-14H,3,9-12H2,1-2H3,(H2,17,18,19);1H. The molecule has 0 spiro atoms. The van der Waals surface area contributed by atoms with E-state index in [-0.39, 0.29) is 30.1 Å². The minimum Gasteiger partial charge on any atom is -0.489 e. The van der Waals surface area contributed by atoms with E-state index in [0.717, 1.165) is 30.7 Å². The minimum atomic E-state index is 0. The van der Waals surface area contributed by atoms with E-state index in [4.69, 9.17) is 4.74 Å². The maximum Gasteiger partial charge on any atom is 0.191 e. The van der Waals surface area contributed by atoms with Gasteiger partial charge in [-0.25, -0.2) is 4.99 Å². The van der Waals surface area contributed by atoms with Gasteiger partial charge >= 0.3 is 0 Å². The van der Waals surface area contributed by atoms with Crippen molar-refractivity contribution in [3.63, 3.8) is 0 Å². The first-order valence-corrected chi connectivity index (χ1v) is 7.51. The lowest BCUT2D eigenvalue weighted by molar-refractivity contribution is 0.230. The molecule has 118 valence electrons. The van der Waals surface area contributed by atoms with E-state index >= 15 is 0 Å². The molecule has 4 nitrogen and oxygen atoms in total. The van der Waals surface area contributed by atoms with Gasteiger partial charge in [0.05, 0.1) is 6.54 Å². The number of nitrogens with zero attached hydrogens (tertiary/aromatic N) is 1. The van der Waals surface area contributed by atoms with Gasteiger partial charge in [0.1, 0.15) is 11.9 Å². The van der Waals surface area contributed by atoms with Crippen molar-refractivity contribution < 1.29 is 4.74 Å².